The number of aromatic amines is 2. The number of aromatic nitrogens is 2. The van der Waals surface area contributed by atoms with Crippen molar-refractivity contribution in [2.45, 2.75) is 0 Å². The fourth-order valence-electron chi connectivity index (χ4n) is 0.819. The molecular formula is C7H7N3O5. The molecule has 1 aromatic rings. The van der Waals surface area contributed by atoms with Crippen LogP contribution < -0.4 is 11.2 Å². The molecular weight excluding hydrogens is 206 g/mol. The molecule has 15 heavy (non-hydrogen) atoms. The van der Waals surface area contributed by atoms with Crippen LogP contribution in [0.4, 0.5) is 0 Å². The molecule has 1 heterocycles. The second-order valence-electron chi connectivity index (χ2n) is 2.53. The van der Waals surface area contributed by atoms with E-state index in [1.54, 1.807) is 0 Å². The molecule has 0 radical (unpaired) electrons. The highest BCUT2D eigenvalue weighted by molar-refractivity contribution is 5.83. The molecule has 8 heteroatoms. The van der Waals surface area contributed by atoms with Gasteiger partial charge in [0.25, 0.3) is 5.56 Å². The molecule has 0 aliphatic rings. The Labute approximate surface area is 81.9 Å². The number of aromatic hydroxyl groups is 1. The van der Waals surface area contributed by atoms with E-state index in [9.17, 15) is 14.4 Å². The van der Waals surface area contributed by atoms with E-state index < -0.39 is 29.6 Å². The molecule has 1 aromatic heterocycles. The van der Waals surface area contributed by atoms with Gasteiger partial charge in [0.1, 0.15) is 12.1 Å². The Morgan fingerprint density at radius 3 is 2.60 bits per heavy atom. The van der Waals surface area contributed by atoms with Crippen LogP contribution in [0.3, 0.4) is 0 Å². The van der Waals surface area contributed by atoms with Crippen molar-refractivity contribution in [2.24, 2.45) is 4.99 Å². The number of nitrogens with zero attached hydrogens (tertiary/aromatic N) is 1. The van der Waals surface area contributed by atoms with Gasteiger partial charge in [-0.25, -0.2) is 4.79 Å². The minimum Gasteiger partial charge on any atom is -0.494 e. The molecule has 0 aliphatic heterocycles. The van der Waals surface area contributed by atoms with Crippen LogP contribution >= 0.6 is 0 Å². The summed E-state index contributed by atoms with van der Waals surface area (Å²) in [5.74, 6) is -1.83. The standard InChI is InChI=1S/C7H7N3O5/c11-4(12)2-8-1-3-5(13)9-7(15)10-6(3)14/h1H,2H2,(H,11,12)(H3,9,10,13,14,15). The number of carboxylic acids is 1. The van der Waals surface area contributed by atoms with Crippen LogP contribution in [0.15, 0.2) is 14.6 Å². The van der Waals surface area contributed by atoms with Gasteiger partial charge in [-0.05, 0) is 0 Å². The highest BCUT2D eigenvalue weighted by Gasteiger charge is 2.05. The Morgan fingerprint density at radius 1 is 1.40 bits per heavy atom. The van der Waals surface area contributed by atoms with Gasteiger partial charge in [0, 0.05) is 6.21 Å². The molecule has 1 rings (SSSR count). The molecule has 0 unspecified atom stereocenters. The minimum atomic E-state index is -1.17. The number of aliphatic imine (C=N–C) groups is 1. The van der Waals surface area contributed by atoms with Gasteiger partial charge in [-0.2, -0.15) is 0 Å². The van der Waals surface area contributed by atoms with Crippen molar-refractivity contribution in [3.05, 3.63) is 26.4 Å². The number of carboxylic acid groups (broad SMARTS) is 1. The van der Waals surface area contributed by atoms with Crippen molar-refractivity contribution in [3.8, 4) is 5.88 Å². The zero-order chi connectivity index (χ0) is 11.4. The smallest absolute Gasteiger partial charge is 0.328 e. The van der Waals surface area contributed by atoms with Crippen LogP contribution in [0.5, 0.6) is 5.88 Å². The number of carbonyl (C=O) groups is 1. The first-order chi connectivity index (χ1) is 7.00. The second kappa shape index (κ2) is 4.22. The highest BCUT2D eigenvalue weighted by atomic mass is 16.4. The summed E-state index contributed by atoms with van der Waals surface area (Å²) in [6, 6.07) is 0. The predicted molar refractivity (Wildman–Crippen MR) is 49.4 cm³/mol. The van der Waals surface area contributed by atoms with Gasteiger partial charge in [0.05, 0.1) is 0 Å². The molecule has 8 nitrogen and oxygen atoms in total. The molecule has 0 saturated heterocycles. The largest absolute Gasteiger partial charge is 0.494 e. The fraction of sp³-hybridized carbons (Fsp3) is 0.143. The number of hydrogen-bond donors (Lipinski definition) is 4. The Balaban J connectivity index is 3.05. The van der Waals surface area contributed by atoms with Crippen LogP contribution in [-0.4, -0.2) is 38.9 Å². The van der Waals surface area contributed by atoms with Gasteiger partial charge in [-0.15, -0.1) is 0 Å². The second-order valence-corrected chi connectivity index (χ2v) is 2.53. The van der Waals surface area contributed by atoms with E-state index in [1.807, 2.05) is 9.97 Å². The number of hydrogen-bond acceptors (Lipinski definition) is 5. The third-order valence-corrected chi connectivity index (χ3v) is 1.41. The third-order valence-electron chi connectivity index (χ3n) is 1.41. The van der Waals surface area contributed by atoms with E-state index in [0.717, 1.165) is 6.21 Å². The molecule has 0 bridgehead atoms. The summed E-state index contributed by atoms with van der Waals surface area (Å²) in [6.45, 7) is -0.530. The van der Waals surface area contributed by atoms with Crippen molar-refractivity contribution in [1.29, 1.82) is 0 Å². The number of H-pyrrole nitrogens is 2. The molecule has 0 saturated carbocycles. The zero-order valence-corrected chi connectivity index (χ0v) is 7.35. The lowest BCUT2D eigenvalue weighted by Gasteiger charge is -1.94. The van der Waals surface area contributed by atoms with E-state index in [-0.39, 0.29) is 5.56 Å². The molecule has 4 N–H and O–H groups in total. The molecule has 0 atom stereocenters. The van der Waals surface area contributed by atoms with Crippen molar-refractivity contribution >= 4 is 12.2 Å². The first kappa shape index (κ1) is 10.7. The van der Waals surface area contributed by atoms with Crippen molar-refractivity contribution in [2.75, 3.05) is 6.54 Å². The topological polar surface area (TPSA) is 136 Å². The average molecular weight is 213 g/mol. The third kappa shape index (κ3) is 2.79. The van der Waals surface area contributed by atoms with Gasteiger partial charge < -0.3 is 10.2 Å². The zero-order valence-electron chi connectivity index (χ0n) is 7.35. The summed E-state index contributed by atoms with van der Waals surface area (Å²) >= 11 is 0. The monoisotopic (exact) mass is 213 g/mol. The molecule has 0 fully saturated rings. The van der Waals surface area contributed by atoms with Crippen LogP contribution in [0.2, 0.25) is 0 Å². The van der Waals surface area contributed by atoms with E-state index in [4.69, 9.17) is 10.2 Å². The van der Waals surface area contributed by atoms with Gasteiger partial charge in [-0.1, -0.05) is 0 Å². The Hall–Kier alpha value is -2.38. The summed E-state index contributed by atoms with van der Waals surface area (Å²) in [4.78, 5) is 38.9. The number of nitrogens with one attached hydrogen (secondary N) is 2. The summed E-state index contributed by atoms with van der Waals surface area (Å²) in [5, 5.41) is 17.4. The SMILES string of the molecule is O=C(O)CN=Cc1c(O)[nH]c(=O)[nH]c1=O. The van der Waals surface area contributed by atoms with Crippen molar-refractivity contribution in [3.63, 3.8) is 0 Å². The van der Waals surface area contributed by atoms with Crippen molar-refractivity contribution < 1.29 is 15.0 Å². The number of aliphatic carboxylic acids is 1. The van der Waals surface area contributed by atoms with Gasteiger partial charge in [0.15, 0.2) is 0 Å². The van der Waals surface area contributed by atoms with Gasteiger partial charge in [0.2, 0.25) is 5.88 Å². The van der Waals surface area contributed by atoms with Crippen molar-refractivity contribution in [1.82, 2.24) is 9.97 Å². The lowest BCUT2D eigenvalue weighted by molar-refractivity contribution is -0.135. The van der Waals surface area contributed by atoms with Crippen LogP contribution in [0.25, 0.3) is 0 Å². The Morgan fingerprint density at radius 2 is 2.07 bits per heavy atom. The fourth-order valence-corrected chi connectivity index (χ4v) is 0.819. The first-order valence-corrected chi connectivity index (χ1v) is 3.78. The predicted octanol–water partition coefficient (Wildman–Crippen LogP) is -1.73. The normalized spacial score (nSPS) is 10.7. The maximum Gasteiger partial charge on any atom is 0.328 e. The lowest BCUT2D eigenvalue weighted by Crippen LogP contribution is -2.25. The summed E-state index contributed by atoms with van der Waals surface area (Å²) in [5.41, 5.74) is -1.99. The summed E-state index contributed by atoms with van der Waals surface area (Å²) in [7, 11) is 0. The number of rotatable bonds is 3. The maximum absolute atomic E-state index is 11.1. The Kier molecular flexibility index (Phi) is 3.01. The van der Waals surface area contributed by atoms with Crippen LogP contribution in [0, 0.1) is 0 Å². The van der Waals surface area contributed by atoms with E-state index in [0.29, 0.717) is 0 Å². The first-order valence-electron chi connectivity index (χ1n) is 3.78. The van der Waals surface area contributed by atoms with E-state index in [2.05, 4.69) is 4.99 Å². The summed E-state index contributed by atoms with van der Waals surface area (Å²) in [6.07, 6.45) is 0.873. The van der Waals surface area contributed by atoms with E-state index in [1.165, 1.54) is 0 Å². The molecule has 0 aromatic carbocycles. The molecule has 0 aliphatic carbocycles. The van der Waals surface area contributed by atoms with Crippen LogP contribution in [0.1, 0.15) is 5.56 Å². The van der Waals surface area contributed by atoms with Gasteiger partial charge >= 0.3 is 11.7 Å². The van der Waals surface area contributed by atoms with E-state index >= 15 is 0 Å². The summed E-state index contributed by atoms with van der Waals surface area (Å²) < 4.78 is 0. The van der Waals surface area contributed by atoms with Gasteiger partial charge in [-0.3, -0.25) is 24.5 Å². The Bertz CT molecular complexity index is 512. The van der Waals surface area contributed by atoms with Crippen LogP contribution in [-0.2, 0) is 4.79 Å². The molecule has 0 amide bonds. The minimum absolute atomic E-state index is 0.296. The maximum atomic E-state index is 11.1. The quantitative estimate of drug-likeness (QED) is 0.442. The highest BCUT2D eigenvalue weighted by Crippen LogP contribution is 2.00. The molecule has 0 spiro atoms. The average Bonchev–Trinajstić information content (AvgIpc) is 2.08. The molecule has 80 valence electrons. The lowest BCUT2D eigenvalue weighted by atomic mass is 10.3.